The maximum absolute atomic E-state index is 12.8. The van der Waals surface area contributed by atoms with Gasteiger partial charge in [0.1, 0.15) is 24.4 Å². The summed E-state index contributed by atoms with van der Waals surface area (Å²) in [6.07, 6.45) is 0.850. The molecule has 1 fully saturated rings. The van der Waals surface area contributed by atoms with Crippen LogP contribution in [0.3, 0.4) is 0 Å². The molecular weight excluding hydrogens is 436 g/mol. The van der Waals surface area contributed by atoms with Gasteiger partial charge in [0.25, 0.3) is 0 Å². The highest BCUT2D eigenvalue weighted by atomic mass is 35.5. The summed E-state index contributed by atoms with van der Waals surface area (Å²) in [5.41, 5.74) is -0.633. The first-order chi connectivity index (χ1) is 15.0. The smallest absolute Gasteiger partial charge is 0.411 e. The summed E-state index contributed by atoms with van der Waals surface area (Å²) in [6, 6.07) is 8.67. The van der Waals surface area contributed by atoms with Crippen LogP contribution in [0.2, 0.25) is 0 Å². The second-order valence-corrected chi connectivity index (χ2v) is 9.23. The lowest BCUT2D eigenvalue weighted by atomic mass is 9.98. The molecule has 32 heavy (non-hydrogen) atoms. The van der Waals surface area contributed by atoms with Crippen molar-refractivity contribution in [2.45, 2.75) is 77.4 Å². The third kappa shape index (κ3) is 9.04. The summed E-state index contributed by atoms with van der Waals surface area (Å²) in [7, 11) is 0. The van der Waals surface area contributed by atoms with Crippen molar-refractivity contribution in [2.75, 3.05) is 13.1 Å². The van der Waals surface area contributed by atoms with E-state index in [2.05, 4.69) is 5.32 Å². The van der Waals surface area contributed by atoms with Gasteiger partial charge in [0, 0.05) is 24.2 Å². The van der Waals surface area contributed by atoms with Crippen LogP contribution >= 0.6 is 11.6 Å². The Morgan fingerprint density at radius 3 is 2.50 bits per heavy atom. The predicted molar refractivity (Wildman–Crippen MR) is 120 cm³/mol. The quantitative estimate of drug-likeness (QED) is 0.346. The molecule has 1 aromatic rings. The molecule has 3 atom stereocenters. The average molecular weight is 469 g/mol. The van der Waals surface area contributed by atoms with Crippen LogP contribution < -0.4 is 5.32 Å². The van der Waals surface area contributed by atoms with Gasteiger partial charge in [0.15, 0.2) is 0 Å². The molecule has 1 saturated heterocycles. The molecule has 0 aliphatic carbocycles. The van der Waals surface area contributed by atoms with Gasteiger partial charge in [0.2, 0.25) is 0 Å². The largest absolute Gasteiger partial charge is 0.459 e. The number of halogens is 1. The van der Waals surface area contributed by atoms with Crippen LogP contribution in [-0.2, 0) is 25.6 Å². The van der Waals surface area contributed by atoms with E-state index in [-0.39, 0.29) is 18.8 Å². The molecule has 1 aliphatic heterocycles. The number of ether oxygens (including phenoxy) is 3. The average Bonchev–Trinajstić information content (AvgIpc) is 2.71. The first kappa shape index (κ1) is 25.9. The number of piperidine rings is 1. The van der Waals surface area contributed by atoms with Gasteiger partial charge < -0.3 is 19.5 Å². The van der Waals surface area contributed by atoms with Crippen molar-refractivity contribution in [1.82, 2.24) is 10.2 Å². The number of esters is 1. The highest BCUT2D eigenvalue weighted by Gasteiger charge is 2.39. The summed E-state index contributed by atoms with van der Waals surface area (Å²) in [4.78, 5) is 37.9. The van der Waals surface area contributed by atoms with Gasteiger partial charge >= 0.3 is 17.5 Å². The van der Waals surface area contributed by atoms with E-state index in [9.17, 15) is 14.4 Å². The van der Waals surface area contributed by atoms with Crippen molar-refractivity contribution in [3.8, 4) is 0 Å². The van der Waals surface area contributed by atoms with Crippen LogP contribution in [0.15, 0.2) is 30.3 Å². The molecule has 1 aliphatic rings. The minimum absolute atomic E-state index is 0.0282. The number of amides is 1. The summed E-state index contributed by atoms with van der Waals surface area (Å²) >= 11 is 5.23. The van der Waals surface area contributed by atoms with Gasteiger partial charge in [-0.1, -0.05) is 30.3 Å². The van der Waals surface area contributed by atoms with Crippen LogP contribution in [0.1, 0.15) is 52.5 Å². The number of rotatable bonds is 8. The molecule has 0 bridgehead atoms. The number of hydrogen-bond donors (Lipinski definition) is 1. The van der Waals surface area contributed by atoms with Gasteiger partial charge in [-0.15, -0.1) is 0 Å². The molecule has 0 radical (unpaired) electrons. The fraction of sp³-hybridized carbons (Fsp3) is 0.609. The zero-order valence-electron chi connectivity index (χ0n) is 19.1. The van der Waals surface area contributed by atoms with Crippen molar-refractivity contribution >= 4 is 29.1 Å². The lowest BCUT2D eigenvalue weighted by Gasteiger charge is -2.39. The maximum atomic E-state index is 12.8. The Labute approximate surface area is 194 Å². The van der Waals surface area contributed by atoms with Gasteiger partial charge in [-0.3, -0.25) is 4.90 Å². The minimum Gasteiger partial charge on any atom is -0.459 e. The van der Waals surface area contributed by atoms with E-state index in [0.717, 1.165) is 5.56 Å². The molecule has 1 aromatic carbocycles. The highest BCUT2D eigenvalue weighted by Crippen LogP contribution is 2.22. The van der Waals surface area contributed by atoms with Gasteiger partial charge in [-0.25, -0.2) is 14.4 Å². The Morgan fingerprint density at radius 1 is 1.19 bits per heavy atom. The van der Waals surface area contributed by atoms with Crippen molar-refractivity contribution in [3.05, 3.63) is 35.9 Å². The highest BCUT2D eigenvalue weighted by molar-refractivity contribution is 6.61. The topological polar surface area (TPSA) is 94.2 Å². The van der Waals surface area contributed by atoms with Crippen LogP contribution in [-0.4, -0.2) is 59.3 Å². The molecule has 9 heteroatoms. The third-order valence-electron chi connectivity index (χ3n) is 4.98. The van der Waals surface area contributed by atoms with E-state index in [1.54, 1.807) is 27.7 Å². The minimum atomic E-state index is -0.830. The van der Waals surface area contributed by atoms with E-state index < -0.39 is 29.1 Å². The number of nitrogens with zero attached hydrogens (tertiary/aromatic N) is 1. The number of nitrogens with one attached hydrogen (secondary N) is 1. The monoisotopic (exact) mass is 468 g/mol. The van der Waals surface area contributed by atoms with E-state index >= 15 is 0 Å². The SMILES string of the molecule is CC(CCNC1CCC(C(=O)OCc2ccccc2)N(C(=O)OC(C)(C)C)C1)OC(=O)Cl. The number of benzene rings is 1. The van der Waals surface area contributed by atoms with Crippen LogP contribution in [0.4, 0.5) is 9.59 Å². The van der Waals surface area contributed by atoms with Crippen LogP contribution in [0.5, 0.6) is 0 Å². The van der Waals surface area contributed by atoms with Crippen LogP contribution in [0, 0.1) is 0 Å². The van der Waals surface area contributed by atoms with Crippen LogP contribution in [0.25, 0.3) is 0 Å². The zero-order chi connectivity index (χ0) is 23.7. The number of hydrogen-bond acceptors (Lipinski definition) is 7. The molecule has 0 saturated carbocycles. The molecule has 1 amide bonds. The fourth-order valence-corrected chi connectivity index (χ4v) is 3.59. The van der Waals surface area contributed by atoms with Gasteiger partial charge in [-0.05, 0) is 59.1 Å². The summed E-state index contributed by atoms with van der Waals surface area (Å²) < 4.78 is 15.9. The molecule has 0 aromatic heterocycles. The lowest BCUT2D eigenvalue weighted by molar-refractivity contribution is -0.152. The third-order valence-corrected chi connectivity index (χ3v) is 5.07. The predicted octanol–water partition coefficient (Wildman–Crippen LogP) is 4.24. The van der Waals surface area contributed by atoms with Gasteiger partial charge in [0.05, 0.1) is 0 Å². The Morgan fingerprint density at radius 2 is 1.88 bits per heavy atom. The first-order valence-electron chi connectivity index (χ1n) is 10.8. The summed E-state index contributed by atoms with van der Waals surface area (Å²) in [6.45, 7) is 8.14. The van der Waals surface area contributed by atoms with Gasteiger partial charge in [-0.2, -0.15) is 0 Å². The van der Waals surface area contributed by atoms with Crippen molar-refractivity contribution < 1.29 is 28.6 Å². The second-order valence-electron chi connectivity index (χ2n) is 8.92. The maximum Gasteiger partial charge on any atom is 0.411 e. The Bertz CT molecular complexity index is 768. The standard InChI is InChI=1S/C23H33ClN2O6/c1-16(31-21(24)28)12-13-25-18-10-11-19(26(14-18)22(29)32-23(2,3)4)20(27)30-15-17-8-6-5-7-9-17/h5-9,16,18-19,25H,10-15H2,1-4H3. The normalized spacial score (nSPS) is 19.7. The Balaban J connectivity index is 1.97. The molecule has 1 N–H and O–H groups in total. The molecular formula is C23H33ClN2O6. The van der Waals surface area contributed by atoms with E-state index in [1.807, 2.05) is 30.3 Å². The number of carbonyl (C=O) groups is 3. The van der Waals surface area contributed by atoms with E-state index in [0.29, 0.717) is 32.4 Å². The number of likely N-dealkylation sites (tertiary alicyclic amines) is 1. The molecule has 1 heterocycles. The van der Waals surface area contributed by atoms with E-state index in [1.165, 1.54) is 4.90 Å². The van der Waals surface area contributed by atoms with Crippen molar-refractivity contribution in [2.24, 2.45) is 0 Å². The second kappa shape index (κ2) is 12.1. The summed E-state index contributed by atoms with van der Waals surface area (Å²) in [5, 5.41) is 3.35. The zero-order valence-corrected chi connectivity index (χ0v) is 19.9. The first-order valence-corrected chi connectivity index (χ1v) is 11.2. The Hall–Kier alpha value is -2.32. The molecule has 0 spiro atoms. The summed E-state index contributed by atoms with van der Waals surface area (Å²) in [5.74, 6) is -0.444. The molecule has 178 valence electrons. The van der Waals surface area contributed by atoms with Crippen molar-refractivity contribution in [1.29, 1.82) is 0 Å². The molecule has 8 nitrogen and oxygen atoms in total. The molecule has 2 rings (SSSR count). The van der Waals surface area contributed by atoms with E-state index in [4.69, 9.17) is 25.8 Å². The number of carbonyl (C=O) groups excluding carboxylic acids is 3. The Kier molecular flexibility index (Phi) is 9.78. The fourth-order valence-electron chi connectivity index (χ4n) is 3.44. The lowest BCUT2D eigenvalue weighted by Crippen LogP contribution is -2.56. The van der Waals surface area contributed by atoms with Crippen molar-refractivity contribution in [3.63, 3.8) is 0 Å². The molecule has 3 unspecified atom stereocenters.